The fraction of sp³-hybridized carbons (Fsp3) is 0.333. The van der Waals surface area contributed by atoms with Crippen molar-refractivity contribution in [3.63, 3.8) is 0 Å². The Morgan fingerprint density at radius 1 is 1.29 bits per heavy atom. The van der Waals surface area contributed by atoms with Crippen LogP contribution < -0.4 is 34.3 Å². The van der Waals surface area contributed by atoms with Gasteiger partial charge in [-0.1, -0.05) is 6.92 Å². The maximum Gasteiger partial charge on any atom is 1.00 e. The number of sulfonamides is 1. The Morgan fingerprint density at radius 2 is 1.82 bits per heavy atom. The molecule has 17 heavy (non-hydrogen) atoms. The van der Waals surface area contributed by atoms with Crippen molar-refractivity contribution in [1.29, 1.82) is 0 Å². The summed E-state index contributed by atoms with van der Waals surface area (Å²) in [4.78, 5) is 0.129. The average Bonchev–Trinajstić information content (AvgIpc) is 2.26. The molecule has 8 heteroatoms. The van der Waals surface area contributed by atoms with Gasteiger partial charge >= 0.3 is 29.6 Å². The van der Waals surface area contributed by atoms with Crippen molar-refractivity contribution in [1.82, 2.24) is 4.72 Å². The Kier molecular flexibility index (Phi) is 7.73. The molecular weight excluding hydrogens is 273 g/mol. The molecule has 0 radical (unpaired) electrons. The second-order valence-corrected chi connectivity index (χ2v) is 5.81. The molecule has 1 atom stereocenters. The van der Waals surface area contributed by atoms with Gasteiger partial charge < -0.3 is 4.55 Å². The molecule has 0 aromatic heterocycles. The average molecular weight is 285 g/mol. The summed E-state index contributed by atoms with van der Waals surface area (Å²) in [6.45, 7) is 2.21. The first-order chi connectivity index (χ1) is 7.47. The zero-order valence-corrected chi connectivity index (χ0v) is 13.3. The van der Waals surface area contributed by atoms with E-state index in [1.807, 2.05) is 6.92 Å². The van der Waals surface area contributed by atoms with Crippen molar-refractivity contribution in [3.05, 3.63) is 24.3 Å². The number of hydrogen-bond acceptors (Lipinski definition) is 4. The van der Waals surface area contributed by atoms with Gasteiger partial charge in [-0.05, 0) is 41.8 Å². The molecule has 1 rings (SSSR count). The molecule has 0 aliphatic heterocycles. The normalized spacial score (nSPS) is 12.8. The van der Waals surface area contributed by atoms with Crippen LogP contribution in [0.2, 0.25) is 0 Å². The van der Waals surface area contributed by atoms with Gasteiger partial charge in [-0.2, -0.15) is 0 Å². The first-order valence-electron chi connectivity index (χ1n) is 4.66. The Labute approximate surface area is 126 Å². The Morgan fingerprint density at radius 3 is 2.24 bits per heavy atom. The summed E-state index contributed by atoms with van der Waals surface area (Å²) in [5, 5.41) is 0. The van der Waals surface area contributed by atoms with Gasteiger partial charge in [0.1, 0.15) is 0 Å². The maximum absolute atomic E-state index is 11.6. The third kappa shape index (κ3) is 5.17. The van der Waals surface area contributed by atoms with Crippen LogP contribution in [-0.2, 0) is 21.1 Å². The number of benzene rings is 1. The number of nitrogens with one attached hydrogen (secondary N) is 1. The van der Waals surface area contributed by atoms with Crippen LogP contribution >= 0.6 is 0 Å². The van der Waals surface area contributed by atoms with Gasteiger partial charge in [0, 0.05) is 11.4 Å². The molecule has 1 N–H and O–H groups in total. The van der Waals surface area contributed by atoms with Crippen LogP contribution in [0, 0.1) is 0 Å². The summed E-state index contributed by atoms with van der Waals surface area (Å²) in [5.41, 5.74) is 0. The zero-order valence-electron chi connectivity index (χ0n) is 9.67. The van der Waals surface area contributed by atoms with E-state index < -0.39 is 21.1 Å². The summed E-state index contributed by atoms with van der Waals surface area (Å²) in [6, 6.07) is 5.04. The van der Waals surface area contributed by atoms with E-state index >= 15 is 0 Å². The molecule has 0 saturated carbocycles. The van der Waals surface area contributed by atoms with Crippen LogP contribution in [0.15, 0.2) is 34.1 Å². The molecule has 0 aliphatic rings. The Hall–Kier alpha value is 0.240. The largest absolute Gasteiger partial charge is 1.00 e. The van der Waals surface area contributed by atoms with E-state index in [9.17, 15) is 17.2 Å². The van der Waals surface area contributed by atoms with Crippen molar-refractivity contribution in [2.24, 2.45) is 0 Å². The smallest absolute Gasteiger partial charge is 0.768 e. The van der Waals surface area contributed by atoms with E-state index in [0.29, 0.717) is 13.0 Å². The summed E-state index contributed by atoms with van der Waals surface area (Å²) < 4.78 is 46.7. The fourth-order valence-corrected chi connectivity index (χ4v) is 2.54. The molecule has 5 nitrogen and oxygen atoms in total. The second kappa shape index (κ2) is 7.63. The molecule has 1 unspecified atom stereocenters. The van der Waals surface area contributed by atoms with Gasteiger partial charge in [0.15, 0.2) is 0 Å². The standard InChI is InChI=1S/C9H13NO4S2.Na/c1-2-7-10-16(13,14)9-5-3-8(4-6-9)15(11)12;/h3-6,10H,2,7H2,1H3,(H,11,12);/q;+1/p-1. The van der Waals surface area contributed by atoms with Crippen molar-refractivity contribution in [3.8, 4) is 0 Å². The van der Waals surface area contributed by atoms with Crippen molar-refractivity contribution in [2.75, 3.05) is 6.54 Å². The summed E-state index contributed by atoms with van der Waals surface area (Å²) in [5.74, 6) is 0. The van der Waals surface area contributed by atoms with E-state index in [-0.39, 0.29) is 39.3 Å². The quantitative estimate of drug-likeness (QED) is 0.483. The minimum absolute atomic E-state index is 0. The first-order valence-corrected chi connectivity index (χ1v) is 7.22. The zero-order chi connectivity index (χ0) is 12.2. The van der Waals surface area contributed by atoms with E-state index in [4.69, 9.17) is 0 Å². The third-order valence-corrected chi connectivity index (χ3v) is 4.00. The van der Waals surface area contributed by atoms with Gasteiger partial charge in [0.2, 0.25) is 10.0 Å². The first kappa shape index (κ1) is 17.2. The van der Waals surface area contributed by atoms with E-state index in [2.05, 4.69) is 4.72 Å². The van der Waals surface area contributed by atoms with Crippen molar-refractivity contribution < 1.29 is 46.7 Å². The number of hydrogen-bond donors (Lipinski definition) is 1. The molecule has 0 amide bonds. The van der Waals surface area contributed by atoms with E-state index in [1.54, 1.807) is 0 Å². The summed E-state index contributed by atoms with van der Waals surface area (Å²) in [7, 11) is -3.52. The second-order valence-electron chi connectivity index (χ2n) is 3.10. The third-order valence-electron chi connectivity index (χ3n) is 1.87. The fourth-order valence-electron chi connectivity index (χ4n) is 1.05. The van der Waals surface area contributed by atoms with Gasteiger partial charge in [-0.25, -0.2) is 13.1 Å². The van der Waals surface area contributed by atoms with Gasteiger partial charge in [-0.3, -0.25) is 4.21 Å². The maximum atomic E-state index is 11.6. The minimum Gasteiger partial charge on any atom is -0.768 e. The minimum atomic E-state index is -3.52. The van der Waals surface area contributed by atoms with Crippen LogP contribution in [0.3, 0.4) is 0 Å². The Bertz CT molecular complexity index is 472. The van der Waals surface area contributed by atoms with Crippen LogP contribution in [0.1, 0.15) is 13.3 Å². The van der Waals surface area contributed by atoms with Crippen LogP contribution in [0.4, 0.5) is 0 Å². The van der Waals surface area contributed by atoms with Crippen molar-refractivity contribution >= 4 is 21.1 Å². The van der Waals surface area contributed by atoms with E-state index in [1.165, 1.54) is 24.3 Å². The predicted molar refractivity (Wildman–Crippen MR) is 59.1 cm³/mol. The molecule has 1 aromatic rings. The van der Waals surface area contributed by atoms with Gasteiger partial charge in [-0.15, -0.1) is 0 Å². The molecule has 90 valence electrons. The number of rotatable bonds is 5. The molecule has 0 saturated heterocycles. The predicted octanol–water partition coefficient (Wildman–Crippen LogP) is -2.38. The molecular formula is C9H12NNaO4S2. The molecule has 0 fully saturated rings. The van der Waals surface area contributed by atoms with Crippen LogP contribution in [0.25, 0.3) is 0 Å². The molecule has 0 bridgehead atoms. The molecule has 0 heterocycles. The summed E-state index contributed by atoms with van der Waals surface area (Å²) >= 11 is -2.33. The van der Waals surface area contributed by atoms with Crippen molar-refractivity contribution in [2.45, 2.75) is 23.1 Å². The van der Waals surface area contributed by atoms with E-state index in [0.717, 1.165) is 0 Å². The molecule has 1 aromatic carbocycles. The monoisotopic (exact) mass is 285 g/mol. The SMILES string of the molecule is CCCNS(=O)(=O)c1ccc(S(=O)[O-])cc1.[Na+]. The topological polar surface area (TPSA) is 86.3 Å². The molecule has 0 spiro atoms. The summed E-state index contributed by atoms with van der Waals surface area (Å²) in [6.07, 6.45) is 0.696. The Balaban J connectivity index is 0.00000256. The van der Waals surface area contributed by atoms with Gasteiger partial charge in [0.05, 0.1) is 4.90 Å². The molecule has 0 aliphatic carbocycles. The van der Waals surface area contributed by atoms with Gasteiger partial charge in [0.25, 0.3) is 0 Å². The van der Waals surface area contributed by atoms with Crippen LogP contribution in [0.5, 0.6) is 0 Å². The van der Waals surface area contributed by atoms with Crippen LogP contribution in [-0.4, -0.2) is 23.7 Å².